The number of carbonyl (C=O) groups excluding carboxylic acids is 2. The monoisotopic (exact) mass is 279 g/mol. The van der Waals surface area contributed by atoms with Gasteiger partial charge in [0.15, 0.2) is 0 Å². The molecule has 112 valence electrons. The number of nitrogens with one attached hydrogen (secondary N) is 1. The second kappa shape index (κ2) is 4.22. The van der Waals surface area contributed by atoms with E-state index in [0.29, 0.717) is 11.8 Å². The van der Waals surface area contributed by atoms with Crippen LogP contribution in [0.5, 0.6) is 0 Å². The molecule has 4 fully saturated rings. The number of ether oxygens (including phenoxy) is 1. The maximum Gasteiger partial charge on any atom is 0.408 e. The Morgan fingerprint density at radius 3 is 2.30 bits per heavy atom. The van der Waals surface area contributed by atoms with Crippen LogP contribution < -0.4 is 5.32 Å². The lowest BCUT2D eigenvalue weighted by molar-refractivity contribution is -0.134. The van der Waals surface area contributed by atoms with Gasteiger partial charge < -0.3 is 14.8 Å². The molecular weight excluding hydrogens is 254 g/mol. The Bertz CT molecular complexity index is 423. The third-order valence-corrected chi connectivity index (χ3v) is 5.12. The molecule has 4 aliphatic carbocycles. The molecule has 20 heavy (non-hydrogen) atoms. The van der Waals surface area contributed by atoms with Crippen LogP contribution in [0.1, 0.15) is 59.3 Å². The van der Waals surface area contributed by atoms with Crippen LogP contribution in [0.3, 0.4) is 0 Å². The van der Waals surface area contributed by atoms with Crippen LogP contribution in [-0.2, 0) is 9.53 Å². The van der Waals surface area contributed by atoms with Crippen molar-refractivity contribution in [3.63, 3.8) is 0 Å². The van der Waals surface area contributed by atoms with E-state index < -0.39 is 5.60 Å². The number of amides is 1. The van der Waals surface area contributed by atoms with Crippen LogP contribution in [0.4, 0.5) is 4.79 Å². The molecule has 4 nitrogen and oxygen atoms in total. The molecule has 0 radical (unpaired) electrons. The summed E-state index contributed by atoms with van der Waals surface area (Å²) in [5.41, 5.74) is -0.860. The normalized spacial score (nSPS) is 42.4. The zero-order chi connectivity index (χ0) is 14.6. The van der Waals surface area contributed by atoms with Crippen molar-refractivity contribution in [2.24, 2.45) is 17.3 Å². The van der Waals surface area contributed by atoms with Crippen molar-refractivity contribution in [3.05, 3.63) is 0 Å². The molecule has 0 spiro atoms. The number of alkyl carbamates (subject to hydrolysis) is 1. The van der Waals surface area contributed by atoms with Crippen molar-refractivity contribution in [1.82, 2.24) is 5.32 Å². The standard InChI is InChI=1S/C16H25NO3/c1-14(2,3)20-13(19)17-16-7-11-4-12(8-16)6-15(5-11,9-16)10-18/h10-12H,4-9H2,1-3H3,(H,17,19). The van der Waals surface area contributed by atoms with Crippen LogP contribution in [0.25, 0.3) is 0 Å². The molecule has 1 amide bonds. The Labute approximate surface area is 120 Å². The number of carbonyl (C=O) groups is 2. The van der Waals surface area contributed by atoms with Gasteiger partial charge in [0, 0.05) is 11.0 Å². The van der Waals surface area contributed by atoms with Gasteiger partial charge in [0.2, 0.25) is 0 Å². The molecule has 2 atom stereocenters. The fourth-order valence-corrected chi connectivity index (χ4v) is 5.14. The summed E-state index contributed by atoms with van der Waals surface area (Å²) in [6.07, 6.45) is 6.92. The summed E-state index contributed by atoms with van der Waals surface area (Å²) in [6.45, 7) is 5.62. The molecule has 0 aromatic carbocycles. The van der Waals surface area contributed by atoms with Crippen molar-refractivity contribution >= 4 is 12.4 Å². The molecule has 4 rings (SSSR count). The topological polar surface area (TPSA) is 55.4 Å². The molecule has 4 bridgehead atoms. The van der Waals surface area contributed by atoms with Crippen LogP contribution in [-0.4, -0.2) is 23.5 Å². The van der Waals surface area contributed by atoms with Crippen molar-refractivity contribution in [2.75, 3.05) is 0 Å². The van der Waals surface area contributed by atoms with Gasteiger partial charge in [-0.25, -0.2) is 4.79 Å². The van der Waals surface area contributed by atoms with Crippen LogP contribution in [0.15, 0.2) is 0 Å². The maximum atomic E-state index is 12.1. The summed E-state index contributed by atoms with van der Waals surface area (Å²) in [5.74, 6) is 1.19. The highest BCUT2D eigenvalue weighted by Gasteiger charge is 2.58. The number of aldehydes is 1. The predicted molar refractivity (Wildman–Crippen MR) is 75.3 cm³/mol. The minimum absolute atomic E-state index is 0.181. The lowest BCUT2D eigenvalue weighted by Gasteiger charge is -2.60. The van der Waals surface area contributed by atoms with Gasteiger partial charge in [-0.05, 0) is 71.1 Å². The van der Waals surface area contributed by atoms with Crippen LogP contribution in [0.2, 0.25) is 0 Å². The second-order valence-corrected chi connectivity index (χ2v) is 8.35. The highest BCUT2D eigenvalue weighted by molar-refractivity contribution is 5.70. The van der Waals surface area contributed by atoms with E-state index in [1.807, 2.05) is 20.8 Å². The fraction of sp³-hybridized carbons (Fsp3) is 0.875. The van der Waals surface area contributed by atoms with Crippen LogP contribution in [0, 0.1) is 17.3 Å². The van der Waals surface area contributed by atoms with Gasteiger partial charge >= 0.3 is 6.09 Å². The second-order valence-electron chi connectivity index (χ2n) is 8.35. The highest BCUT2D eigenvalue weighted by Crippen LogP contribution is 2.60. The lowest BCUT2D eigenvalue weighted by Crippen LogP contribution is -2.63. The summed E-state index contributed by atoms with van der Waals surface area (Å²) in [4.78, 5) is 23.7. The molecule has 1 N–H and O–H groups in total. The lowest BCUT2D eigenvalue weighted by atomic mass is 9.47. The first-order valence-electron chi connectivity index (χ1n) is 7.71. The van der Waals surface area contributed by atoms with Gasteiger partial charge in [-0.15, -0.1) is 0 Å². The van der Waals surface area contributed by atoms with E-state index in [-0.39, 0.29) is 17.0 Å². The van der Waals surface area contributed by atoms with E-state index in [4.69, 9.17) is 4.74 Å². The first kappa shape index (κ1) is 13.9. The third-order valence-electron chi connectivity index (χ3n) is 5.12. The van der Waals surface area contributed by atoms with Crippen molar-refractivity contribution in [3.8, 4) is 0 Å². The minimum Gasteiger partial charge on any atom is -0.444 e. The molecule has 4 aliphatic rings. The quantitative estimate of drug-likeness (QED) is 0.790. The third kappa shape index (κ3) is 2.45. The van der Waals surface area contributed by atoms with E-state index in [9.17, 15) is 9.59 Å². The van der Waals surface area contributed by atoms with E-state index in [1.54, 1.807) is 0 Å². The zero-order valence-electron chi connectivity index (χ0n) is 12.7. The summed E-state index contributed by atoms with van der Waals surface area (Å²) < 4.78 is 5.40. The first-order chi connectivity index (χ1) is 9.23. The van der Waals surface area contributed by atoms with Gasteiger partial charge in [0.1, 0.15) is 11.9 Å². The maximum absolute atomic E-state index is 12.1. The minimum atomic E-state index is -0.477. The number of hydrogen-bond acceptors (Lipinski definition) is 3. The molecule has 4 heteroatoms. The summed E-state index contributed by atoms with van der Waals surface area (Å²) >= 11 is 0. The Morgan fingerprint density at radius 2 is 1.80 bits per heavy atom. The van der Waals surface area contributed by atoms with E-state index in [1.165, 1.54) is 6.42 Å². The van der Waals surface area contributed by atoms with E-state index in [2.05, 4.69) is 5.32 Å². The Hall–Kier alpha value is -1.06. The average molecular weight is 279 g/mol. The molecule has 2 unspecified atom stereocenters. The Balaban J connectivity index is 1.76. The summed E-state index contributed by atoms with van der Waals surface area (Å²) in [6, 6.07) is 0. The smallest absolute Gasteiger partial charge is 0.408 e. The van der Waals surface area contributed by atoms with Gasteiger partial charge in [-0.3, -0.25) is 0 Å². The number of rotatable bonds is 2. The van der Waals surface area contributed by atoms with E-state index >= 15 is 0 Å². The molecule has 0 aromatic heterocycles. The largest absolute Gasteiger partial charge is 0.444 e. The van der Waals surface area contributed by atoms with Crippen molar-refractivity contribution in [2.45, 2.75) is 70.4 Å². The Morgan fingerprint density at radius 1 is 1.20 bits per heavy atom. The van der Waals surface area contributed by atoms with Gasteiger partial charge in [-0.1, -0.05) is 0 Å². The number of hydrogen-bond donors (Lipinski definition) is 1. The Kier molecular flexibility index (Phi) is 2.93. The molecular formula is C16H25NO3. The van der Waals surface area contributed by atoms with Gasteiger partial charge in [-0.2, -0.15) is 0 Å². The predicted octanol–water partition coefficient (Wildman–Crippen LogP) is 3.05. The molecule has 0 aromatic rings. The first-order valence-corrected chi connectivity index (χ1v) is 7.71. The fourth-order valence-electron chi connectivity index (χ4n) is 5.14. The zero-order valence-corrected chi connectivity index (χ0v) is 12.7. The summed E-state index contributed by atoms with van der Waals surface area (Å²) in [7, 11) is 0. The molecule has 4 saturated carbocycles. The highest BCUT2D eigenvalue weighted by atomic mass is 16.6. The average Bonchev–Trinajstić information content (AvgIpc) is 2.23. The molecule has 0 heterocycles. The van der Waals surface area contributed by atoms with Crippen molar-refractivity contribution < 1.29 is 14.3 Å². The SMILES string of the molecule is CC(C)(C)OC(=O)NC12CC3CC(CC(C=O)(C3)C1)C2. The van der Waals surface area contributed by atoms with E-state index in [0.717, 1.165) is 38.4 Å². The van der Waals surface area contributed by atoms with Crippen molar-refractivity contribution in [1.29, 1.82) is 0 Å². The molecule has 0 aliphatic heterocycles. The van der Waals surface area contributed by atoms with Gasteiger partial charge in [0.25, 0.3) is 0 Å². The van der Waals surface area contributed by atoms with Gasteiger partial charge in [0.05, 0.1) is 0 Å². The van der Waals surface area contributed by atoms with Crippen LogP contribution >= 0.6 is 0 Å². The molecule has 0 saturated heterocycles. The summed E-state index contributed by atoms with van der Waals surface area (Å²) in [5, 5.41) is 3.12.